The number of aromatic amines is 1. The van der Waals surface area contributed by atoms with Crippen LogP contribution in [0.25, 0.3) is 10.9 Å². The minimum atomic E-state index is -0.137. The number of fused-ring (bicyclic) bond motifs is 3. The van der Waals surface area contributed by atoms with Crippen LogP contribution in [0.4, 0.5) is 0 Å². The van der Waals surface area contributed by atoms with Gasteiger partial charge in [-0.2, -0.15) is 0 Å². The molecule has 1 N–H and O–H groups in total. The fourth-order valence-corrected chi connectivity index (χ4v) is 4.88. The molecule has 0 saturated carbocycles. The molecule has 2 aliphatic rings. The minimum absolute atomic E-state index is 0.0262. The van der Waals surface area contributed by atoms with Crippen molar-refractivity contribution >= 4 is 34.3 Å². The zero-order valence-electron chi connectivity index (χ0n) is 16.7. The van der Waals surface area contributed by atoms with E-state index < -0.39 is 0 Å². The molecule has 0 bridgehead atoms. The lowest BCUT2D eigenvalue weighted by Crippen LogP contribution is -2.47. The molecule has 0 spiro atoms. The molecule has 1 unspecified atom stereocenters. The van der Waals surface area contributed by atoms with Gasteiger partial charge in [-0.3, -0.25) is 9.59 Å². The van der Waals surface area contributed by atoms with Crippen molar-refractivity contribution in [1.82, 2.24) is 14.8 Å². The molecule has 1 fully saturated rings. The van der Waals surface area contributed by atoms with Crippen LogP contribution in [0.3, 0.4) is 0 Å². The third-order valence-electron chi connectivity index (χ3n) is 6.34. The van der Waals surface area contributed by atoms with Crippen molar-refractivity contribution in [3.63, 3.8) is 0 Å². The second-order valence-electron chi connectivity index (χ2n) is 8.23. The van der Waals surface area contributed by atoms with Crippen molar-refractivity contribution < 1.29 is 9.59 Å². The molecule has 154 valence electrons. The van der Waals surface area contributed by atoms with E-state index >= 15 is 0 Å². The van der Waals surface area contributed by atoms with Crippen LogP contribution in [0, 0.1) is 5.92 Å². The summed E-state index contributed by atoms with van der Waals surface area (Å²) < 4.78 is 0. The highest BCUT2D eigenvalue weighted by molar-refractivity contribution is 6.30. The maximum Gasteiger partial charge on any atom is 0.253 e. The van der Waals surface area contributed by atoms with Gasteiger partial charge in [0.1, 0.15) is 0 Å². The van der Waals surface area contributed by atoms with Gasteiger partial charge in [-0.05, 0) is 43.2 Å². The number of likely N-dealkylation sites (tertiary alicyclic amines) is 1. The molecule has 5 nitrogen and oxygen atoms in total. The average molecular weight is 422 g/mol. The molecule has 3 aromatic rings. The molecule has 5 rings (SSSR count). The third-order valence-corrected chi connectivity index (χ3v) is 6.60. The standard InChI is InChI=1S/C24H24ClN3O2/c25-18-9-7-16(8-10-18)23(29)27-12-3-4-17(14-27)24(30)28-13-11-22-20(15-28)19-5-1-2-6-21(19)26-22/h1-2,5-10,17,26H,3-4,11-15H2. The van der Waals surface area contributed by atoms with Crippen molar-refractivity contribution in [2.45, 2.75) is 25.8 Å². The fraction of sp³-hybridized carbons (Fsp3) is 0.333. The molecule has 1 aromatic heterocycles. The maximum atomic E-state index is 13.3. The lowest BCUT2D eigenvalue weighted by atomic mass is 9.94. The Balaban J connectivity index is 1.30. The predicted octanol–water partition coefficient (Wildman–Crippen LogP) is 4.26. The molecular formula is C24H24ClN3O2. The van der Waals surface area contributed by atoms with Gasteiger partial charge in [0.2, 0.25) is 5.91 Å². The Morgan fingerprint density at radius 1 is 1.00 bits per heavy atom. The highest BCUT2D eigenvalue weighted by Crippen LogP contribution is 2.29. The van der Waals surface area contributed by atoms with Crippen LogP contribution < -0.4 is 0 Å². The van der Waals surface area contributed by atoms with Gasteiger partial charge >= 0.3 is 0 Å². The third kappa shape index (κ3) is 3.47. The number of para-hydroxylation sites is 1. The molecule has 2 aliphatic heterocycles. The monoisotopic (exact) mass is 421 g/mol. The normalized spacial score (nSPS) is 19.0. The summed E-state index contributed by atoms with van der Waals surface area (Å²) in [6, 6.07) is 15.2. The number of nitrogens with one attached hydrogen (secondary N) is 1. The number of carbonyl (C=O) groups is 2. The zero-order chi connectivity index (χ0) is 20.7. The second-order valence-corrected chi connectivity index (χ2v) is 8.67. The second kappa shape index (κ2) is 7.80. The van der Waals surface area contributed by atoms with E-state index in [1.807, 2.05) is 21.9 Å². The molecule has 0 aliphatic carbocycles. The first-order valence-corrected chi connectivity index (χ1v) is 10.9. The quantitative estimate of drug-likeness (QED) is 0.672. The molecule has 0 radical (unpaired) electrons. The Kier molecular flexibility index (Phi) is 4.99. The van der Waals surface area contributed by atoms with Crippen LogP contribution >= 0.6 is 11.6 Å². The van der Waals surface area contributed by atoms with Gasteiger partial charge < -0.3 is 14.8 Å². The molecule has 2 amide bonds. The van der Waals surface area contributed by atoms with E-state index in [-0.39, 0.29) is 17.7 Å². The first-order chi connectivity index (χ1) is 14.6. The molecular weight excluding hydrogens is 398 g/mol. The number of halogens is 1. The Morgan fingerprint density at radius 3 is 2.63 bits per heavy atom. The lowest BCUT2D eigenvalue weighted by Gasteiger charge is -2.36. The van der Waals surface area contributed by atoms with E-state index in [1.54, 1.807) is 24.3 Å². The first-order valence-electron chi connectivity index (χ1n) is 10.5. The van der Waals surface area contributed by atoms with Crippen LogP contribution in [0.5, 0.6) is 0 Å². The summed E-state index contributed by atoms with van der Waals surface area (Å²) in [5, 5.41) is 1.81. The van der Waals surface area contributed by atoms with Crippen molar-refractivity contribution in [3.05, 3.63) is 70.4 Å². The predicted molar refractivity (Wildman–Crippen MR) is 117 cm³/mol. The van der Waals surface area contributed by atoms with Crippen molar-refractivity contribution in [1.29, 1.82) is 0 Å². The summed E-state index contributed by atoms with van der Waals surface area (Å²) in [6.07, 6.45) is 2.53. The minimum Gasteiger partial charge on any atom is -0.358 e. The molecule has 2 aromatic carbocycles. The van der Waals surface area contributed by atoms with Crippen LogP contribution in [0.15, 0.2) is 48.5 Å². The maximum absolute atomic E-state index is 13.3. The van der Waals surface area contributed by atoms with Crippen LogP contribution in [-0.2, 0) is 17.8 Å². The number of hydrogen-bond acceptors (Lipinski definition) is 2. The fourth-order valence-electron chi connectivity index (χ4n) is 4.75. The number of H-pyrrole nitrogens is 1. The summed E-state index contributed by atoms with van der Waals surface area (Å²) in [7, 11) is 0. The van der Waals surface area contributed by atoms with Gasteiger partial charge in [-0.15, -0.1) is 0 Å². The Morgan fingerprint density at radius 2 is 1.80 bits per heavy atom. The Labute approximate surface area is 180 Å². The first kappa shape index (κ1) is 19.2. The Bertz CT molecular complexity index is 1110. The topological polar surface area (TPSA) is 56.4 Å². The van der Waals surface area contributed by atoms with Gasteiger partial charge in [0, 0.05) is 65.3 Å². The van der Waals surface area contributed by atoms with Gasteiger partial charge in [0.15, 0.2) is 0 Å². The molecule has 3 heterocycles. The largest absolute Gasteiger partial charge is 0.358 e. The highest BCUT2D eigenvalue weighted by atomic mass is 35.5. The van der Waals surface area contributed by atoms with Crippen LogP contribution in [0.2, 0.25) is 5.02 Å². The number of aromatic nitrogens is 1. The van der Waals surface area contributed by atoms with E-state index in [9.17, 15) is 9.59 Å². The summed E-state index contributed by atoms with van der Waals surface area (Å²) in [5.74, 6) is 0.00280. The number of amides is 2. The van der Waals surface area contributed by atoms with Crippen LogP contribution in [-0.4, -0.2) is 46.2 Å². The van der Waals surface area contributed by atoms with Crippen molar-refractivity contribution in [3.8, 4) is 0 Å². The Hall–Kier alpha value is -2.79. The highest BCUT2D eigenvalue weighted by Gasteiger charge is 2.33. The number of benzene rings is 2. The number of piperidine rings is 1. The van der Waals surface area contributed by atoms with Gasteiger partial charge in [-0.1, -0.05) is 29.8 Å². The average Bonchev–Trinajstić information content (AvgIpc) is 3.16. The number of nitrogens with zero attached hydrogens (tertiary/aromatic N) is 2. The molecule has 1 atom stereocenters. The summed E-state index contributed by atoms with van der Waals surface area (Å²) in [4.78, 5) is 33.5. The SMILES string of the molecule is O=C(c1ccc(Cl)cc1)N1CCCC(C(=O)N2CCc3[nH]c4ccccc4c3C2)C1. The number of hydrogen-bond donors (Lipinski definition) is 1. The van der Waals surface area contributed by atoms with Crippen molar-refractivity contribution in [2.75, 3.05) is 19.6 Å². The lowest BCUT2D eigenvalue weighted by molar-refractivity contribution is -0.137. The molecule has 30 heavy (non-hydrogen) atoms. The van der Waals surface area contributed by atoms with Crippen molar-refractivity contribution in [2.24, 2.45) is 5.92 Å². The molecule has 1 saturated heterocycles. The smallest absolute Gasteiger partial charge is 0.253 e. The van der Waals surface area contributed by atoms with Crippen LogP contribution in [0.1, 0.15) is 34.5 Å². The summed E-state index contributed by atoms with van der Waals surface area (Å²) in [5.41, 5.74) is 4.22. The van der Waals surface area contributed by atoms with E-state index in [4.69, 9.17) is 11.6 Å². The van der Waals surface area contributed by atoms with E-state index in [2.05, 4.69) is 17.1 Å². The van der Waals surface area contributed by atoms with E-state index in [0.717, 1.165) is 31.3 Å². The summed E-state index contributed by atoms with van der Waals surface area (Å²) >= 11 is 5.94. The number of carbonyl (C=O) groups excluding carboxylic acids is 2. The zero-order valence-corrected chi connectivity index (χ0v) is 17.5. The van der Waals surface area contributed by atoms with Gasteiger partial charge in [-0.25, -0.2) is 0 Å². The van der Waals surface area contributed by atoms with Gasteiger partial charge in [0.05, 0.1) is 5.92 Å². The number of rotatable bonds is 2. The van der Waals surface area contributed by atoms with Gasteiger partial charge in [0.25, 0.3) is 5.91 Å². The van der Waals surface area contributed by atoms with E-state index in [1.165, 1.54) is 16.6 Å². The molecule has 6 heteroatoms. The van der Waals surface area contributed by atoms with E-state index in [0.29, 0.717) is 30.2 Å². The summed E-state index contributed by atoms with van der Waals surface area (Å²) in [6.45, 7) is 2.54.